The van der Waals surface area contributed by atoms with Crippen LogP contribution in [0, 0.1) is 0 Å². The van der Waals surface area contributed by atoms with Crippen molar-refractivity contribution in [3.8, 4) is 5.75 Å². The molecule has 0 radical (unpaired) electrons. The van der Waals surface area contributed by atoms with Gasteiger partial charge in [-0.3, -0.25) is 0 Å². The number of nitrogens with zero attached hydrogens (tertiary/aromatic N) is 1. The molecule has 0 atom stereocenters. The van der Waals surface area contributed by atoms with E-state index in [1.807, 2.05) is 30.5 Å². The Bertz CT molecular complexity index is 948. The summed E-state index contributed by atoms with van der Waals surface area (Å²) >= 11 is 1.62. The largest absolute Gasteiger partial charge is 0.495 e. The van der Waals surface area contributed by atoms with Crippen LogP contribution < -0.4 is 4.74 Å². The summed E-state index contributed by atoms with van der Waals surface area (Å²) in [5.41, 5.74) is 0.950. The van der Waals surface area contributed by atoms with Crippen LogP contribution in [0.1, 0.15) is 23.1 Å². The molecule has 0 aliphatic heterocycles. The molecule has 27 heavy (non-hydrogen) atoms. The molecule has 0 spiro atoms. The fraction of sp³-hybridized carbons (Fsp3) is 0.300. The Labute approximate surface area is 164 Å². The fourth-order valence-corrected chi connectivity index (χ4v) is 5.14. The number of sulfonamides is 1. The molecular formula is C20H23NO4S2. The lowest BCUT2D eigenvalue weighted by atomic mass is 10.2. The third-order valence-corrected chi connectivity index (χ3v) is 7.16. The quantitative estimate of drug-likeness (QED) is 0.531. The zero-order valence-corrected chi connectivity index (χ0v) is 17.1. The Morgan fingerprint density at radius 3 is 2.67 bits per heavy atom. The summed E-state index contributed by atoms with van der Waals surface area (Å²) < 4.78 is 39.1. The van der Waals surface area contributed by atoms with Gasteiger partial charge < -0.3 is 9.15 Å². The SMILES string of the molecule is CCc1ccc(OC)c(S(=O)(=O)N(CCc2cccs2)Cc2ccco2)c1. The fourth-order valence-electron chi connectivity index (χ4n) is 2.83. The van der Waals surface area contributed by atoms with E-state index in [1.54, 1.807) is 41.9 Å². The minimum atomic E-state index is -3.75. The van der Waals surface area contributed by atoms with Crippen LogP contribution >= 0.6 is 11.3 Å². The Morgan fingerprint density at radius 2 is 2.04 bits per heavy atom. The normalized spacial score (nSPS) is 11.8. The number of hydrogen-bond acceptors (Lipinski definition) is 5. The Balaban J connectivity index is 1.95. The average Bonchev–Trinajstić information content (AvgIpc) is 3.38. The highest BCUT2D eigenvalue weighted by molar-refractivity contribution is 7.89. The van der Waals surface area contributed by atoms with E-state index in [4.69, 9.17) is 9.15 Å². The van der Waals surface area contributed by atoms with Crippen molar-refractivity contribution in [3.05, 3.63) is 70.3 Å². The molecule has 0 aliphatic carbocycles. The van der Waals surface area contributed by atoms with Gasteiger partial charge in [0.25, 0.3) is 0 Å². The summed E-state index contributed by atoms with van der Waals surface area (Å²) in [6.45, 7) is 2.54. The van der Waals surface area contributed by atoms with Crippen molar-refractivity contribution in [2.75, 3.05) is 13.7 Å². The molecule has 0 amide bonds. The third-order valence-electron chi connectivity index (χ3n) is 4.35. The molecule has 3 aromatic rings. The molecule has 0 bridgehead atoms. The van der Waals surface area contributed by atoms with Crippen LogP contribution in [0.2, 0.25) is 0 Å². The van der Waals surface area contributed by atoms with Crippen LogP contribution in [0.25, 0.3) is 0 Å². The van der Waals surface area contributed by atoms with Gasteiger partial charge in [0, 0.05) is 11.4 Å². The molecule has 0 aliphatic rings. The Morgan fingerprint density at radius 1 is 1.19 bits per heavy atom. The molecule has 1 aromatic carbocycles. The highest BCUT2D eigenvalue weighted by Gasteiger charge is 2.29. The number of hydrogen-bond donors (Lipinski definition) is 0. The van der Waals surface area contributed by atoms with Crippen molar-refractivity contribution < 1.29 is 17.6 Å². The lowest BCUT2D eigenvalue weighted by Crippen LogP contribution is -2.32. The summed E-state index contributed by atoms with van der Waals surface area (Å²) in [6, 6.07) is 12.8. The van der Waals surface area contributed by atoms with Gasteiger partial charge in [-0.2, -0.15) is 4.31 Å². The van der Waals surface area contributed by atoms with Crippen molar-refractivity contribution in [2.45, 2.75) is 31.2 Å². The molecule has 2 aromatic heterocycles. The number of ether oxygens (including phenoxy) is 1. The summed E-state index contributed by atoms with van der Waals surface area (Å²) in [6.07, 6.45) is 2.95. The number of aryl methyl sites for hydroxylation is 1. The van der Waals surface area contributed by atoms with E-state index in [0.717, 1.165) is 16.9 Å². The van der Waals surface area contributed by atoms with Gasteiger partial charge >= 0.3 is 0 Å². The molecule has 2 heterocycles. The predicted octanol–water partition coefficient (Wildman–Crippen LogP) is 4.35. The lowest BCUT2D eigenvalue weighted by Gasteiger charge is -2.22. The first-order valence-electron chi connectivity index (χ1n) is 8.76. The maximum Gasteiger partial charge on any atom is 0.247 e. The van der Waals surface area contributed by atoms with Crippen LogP contribution in [0.3, 0.4) is 0 Å². The maximum absolute atomic E-state index is 13.5. The van der Waals surface area contributed by atoms with E-state index in [1.165, 1.54) is 11.4 Å². The number of furan rings is 1. The van der Waals surface area contributed by atoms with Crippen LogP contribution in [-0.2, 0) is 29.4 Å². The van der Waals surface area contributed by atoms with Gasteiger partial charge in [0.15, 0.2) is 0 Å². The highest BCUT2D eigenvalue weighted by Crippen LogP contribution is 2.29. The third kappa shape index (κ3) is 4.61. The lowest BCUT2D eigenvalue weighted by molar-refractivity contribution is 0.360. The molecule has 5 nitrogen and oxygen atoms in total. The highest BCUT2D eigenvalue weighted by atomic mass is 32.2. The second kappa shape index (κ2) is 8.73. The van der Waals surface area contributed by atoms with Crippen LogP contribution in [0.5, 0.6) is 5.75 Å². The van der Waals surface area contributed by atoms with Crippen LogP contribution in [0.4, 0.5) is 0 Å². The number of rotatable bonds is 9. The van der Waals surface area contributed by atoms with Crippen molar-refractivity contribution in [3.63, 3.8) is 0 Å². The van der Waals surface area contributed by atoms with Gasteiger partial charge in [-0.1, -0.05) is 19.1 Å². The first-order chi connectivity index (χ1) is 13.0. The van der Waals surface area contributed by atoms with Crippen LogP contribution in [0.15, 0.2) is 63.4 Å². The predicted molar refractivity (Wildman–Crippen MR) is 107 cm³/mol. The van der Waals surface area contributed by atoms with E-state index in [0.29, 0.717) is 24.5 Å². The van der Waals surface area contributed by atoms with E-state index < -0.39 is 10.0 Å². The average molecular weight is 406 g/mol. The van der Waals surface area contributed by atoms with Gasteiger partial charge in [0.05, 0.1) is 19.9 Å². The standard InChI is InChI=1S/C20H23NO4S2/c1-3-16-8-9-19(24-2)20(14-16)27(22,23)21(15-17-6-4-12-25-17)11-10-18-7-5-13-26-18/h4-9,12-14H,3,10-11,15H2,1-2H3. The number of thiophene rings is 1. The van der Waals surface area contributed by atoms with Crippen LogP contribution in [-0.4, -0.2) is 26.4 Å². The van der Waals surface area contributed by atoms with Gasteiger partial charge in [-0.05, 0) is 54.1 Å². The van der Waals surface area contributed by atoms with Crippen molar-refractivity contribution in [1.29, 1.82) is 0 Å². The molecule has 3 rings (SSSR count). The zero-order valence-electron chi connectivity index (χ0n) is 15.4. The Hall–Kier alpha value is -2.09. The van der Waals surface area contributed by atoms with E-state index in [9.17, 15) is 8.42 Å². The molecule has 0 saturated carbocycles. The van der Waals surface area contributed by atoms with E-state index in [-0.39, 0.29) is 11.4 Å². The first kappa shape index (κ1) is 19.7. The van der Waals surface area contributed by atoms with E-state index in [2.05, 4.69) is 0 Å². The summed E-state index contributed by atoms with van der Waals surface area (Å²) in [5, 5.41) is 1.99. The smallest absolute Gasteiger partial charge is 0.247 e. The zero-order chi connectivity index (χ0) is 19.3. The van der Waals surface area contributed by atoms with Crippen molar-refractivity contribution in [1.82, 2.24) is 4.31 Å². The molecule has 0 saturated heterocycles. The van der Waals surface area contributed by atoms with Gasteiger partial charge in [0.2, 0.25) is 10.0 Å². The van der Waals surface area contributed by atoms with E-state index >= 15 is 0 Å². The molecule has 0 fully saturated rings. The molecular weight excluding hydrogens is 382 g/mol. The van der Waals surface area contributed by atoms with Gasteiger partial charge in [0.1, 0.15) is 16.4 Å². The second-order valence-electron chi connectivity index (χ2n) is 6.09. The molecule has 144 valence electrons. The monoisotopic (exact) mass is 405 g/mol. The minimum absolute atomic E-state index is 0.181. The number of benzene rings is 1. The van der Waals surface area contributed by atoms with Crippen molar-refractivity contribution in [2.24, 2.45) is 0 Å². The first-order valence-corrected chi connectivity index (χ1v) is 11.1. The number of methoxy groups -OCH3 is 1. The molecule has 7 heteroatoms. The Kier molecular flexibility index (Phi) is 6.36. The topological polar surface area (TPSA) is 59.8 Å². The second-order valence-corrected chi connectivity index (χ2v) is 9.02. The van der Waals surface area contributed by atoms with Crippen molar-refractivity contribution >= 4 is 21.4 Å². The van der Waals surface area contributed by atoms with Gasteiger partial charge in [-0.25, -0.2) is 8.42 Å². The summed E-state index contributed by atoms with van der Waals surface area (Å²) in [7, 11) is -2.26. The summed E-state index contributed by atoms with van der Waals surface area (Å²) in [5.74, 6) is 0.961. The minimum Gasteiger partial charge on any atom is -0.495 e. The molecule has 0 unspecified atom stereocenters. The van der Waals surface area contributed by atoms with Gasteiger partial charge in [-0.15, -0.1) is 11.3 Å². The summed E-state index contributed by atoms with van der Waals surface area (Å²) in [4.78, 5) is 1.34. The molecule has 0 N–H and O–H groups in total. The maximum atomic E-state index is 13.5.